The maximum absolute atomic E-state index is 3.91. The van der Waals surface area contributed by atoms with Gasteiger partial charge in [0, 0.05) is 26.8 Å². The molecule has 0 rings (SSSR count). The third-order valence-corrected chi connectivity index (χ3v) is 1.56. The Labute approximate surface area is 69.8 Å². The van der Waals surface area contributed by atoms with Gasteiger partial charge in [-0.15, -0.1) is 0 Å². The predicted octanol–water partition coefficient (Wildman–Crippen LogP) is 1.87. The third kappa shape index (κ3) is 3.83. The first kappa shape index (κ1) is 10.2. The molecule has 0 spiro atoms. The van der Waals surface area contributed by atoms with Crippen LogP contribution in [0.3, 0.4) is 0 Å². The largest absolute Gasteiger partial charge is 0.310 e. The second kappa shape index (κ2) is 4.97. The quantitative estimate of drug-likeness (QED) is 0.450. The van der Waals surface area contributed by atoms with Gasteiger partial charge >= 0.3 is 0 Å². The van der Waals surface area contributed by atoms with Gasteiger partial charge in [-0.2, -0.15) is 0 Å². The number of rotatable bonds is 4. The molecule has 0 aromatic heterocycles. The van der Waals surface area contributed by atoms with Crippen LogP contribution in [0.25, 0.3) is 0 Å². The molecule has 0 aliphatic carbocycles. The van der Waals surface area contributed by atoms with E-state index in [1.54, 1.807) is 0 Å². The fourth-order valence-electron chi connectivity index (χ4n) is 0.619. The number of allylic oxidation sites excluding steroid dienone is 2. The molecule has 0 atom stereocenters. The minimum Gasteiger partial charge on any atom is -0.310 e. The maximum Gasteiger partial charge on any atom is 0.0443 e. The highest BCUT2D eigenvalue weighted by Gasteiger charge is 1.98. The van der Waals surface area contributed by atoms with Crippen LogP contribution in [0.15, 0.2) is 24.4 Å². The van der Waals surface area contributed by atoms with Gasteiger partial charge in [0.1, 0.15) is 0 Å². The Kier molecular flexibility index (Phi) is 4.62. The van der Waals surface area contributed by atoms with Crippen molar-refractivity contribution in [1.82, 2.24) is 10.0 Å². The Balaban J connectivity index is 3.93. The van der Waals surface area contributed by atoms with E-state index in [0.717, 1.165) is 12.1 Å². The molecule has 0 heterocycles. The average Bonchev–Trinajstić information content (AvgIpc) is 1.98. The molecule has 0 fully saturated rings. The molecule has 2 nitrogen and oxygen atoms in total. The van der Waals surface area contributed by atoms with Crippen LogP contribution in [-0.4, -0.2) is 31.2 Å². The zero-order chi connectivity index (χ0) is 8.85. The summed E-state index contributed by atoms with van der Waals surface area (Å²) >= 11 is 0. The monoisotopic (exact) mass is 154 g/mol. The topological polar surface area (TPSA) is 6.48 Å². The van der Waals surface area contributed by atoms with Crippen LogP contribution in [0, 0.1) is 0 Å². The van der Waals surface area contributed by atoms with E-state index in [4.69, 9.17) is 0 Å². The van der Waals surface area contributed by atoms with Crippen LogP contribution in [0.4, 0.5) is 0 Å². The zero-order valence-electron chi connectivity index (χ0n) is 7.96. The number of hydrazine groups is 1. The number of likely N-dealkylation sites (N-methyl/N-ethyl adjacent to an activating group) is 1. The highest BCUT2D eigenvalue weighted by atomic mass is 15.6. The molecule has 2 heteroatoms. The Hall–Kier alpha value is -0.760. The van der Waals surface area contributed by atoms with Crippen molar-refractivity contribution in [2.24, 2.45) is 0 Å². The highest BCUT2D eigenvalue weighted by molar-refractivity contribution is 5.11. The lowest BCUT2D eigenvalue weighted by molar-refractivity contribution is 0.104. The fourth-order valence-corrected chi connectivity index (χ4v) is 0.619. The van der Waals surface area contributed by atoms with Crippen LogP contribution in [0.1, 0.15) is 13.3 Å². The molecular weight excluding hydrogens is 136 g/mol. The summed E-state index contributed by atoms with van der Waals surface area (Å²) in [6.45, 7) is 6.02. The zero-order valence-corrected chi connectivity index (χ0v) is 7.96. The summed E-state index contributed by atoms with van der Waals surface area (Å²) in [6.07, 6.45) is 5.18. The van der Waals surface area contributed by atoms with E-state index in [1.807, 2.05) is 37.2 Å². The molecule has 0 aliphatic rings. The number of nitrogens with zero attached hydrogens (tertiary/aromatic N) is 2. The van der Waals surface area contributed by atoms with Crippen molar-refractivity contribution in [3.63, 3.8) is 0 Å². The normalized spacial score (nSPS) is 11.0. The second-order valence-corrected chi connectivity index (χ2v) is 2.67. The Morgan fingerprint density at radius 1 is 1.36 bits per heavy atom. The summed E-state index contributed by atoms with van der Waals surface area (Å²) in [5, 5.41) is 3.98. The Morgan fingerprint density at radius 2 is 1.91 bits per heavy atom. The van der Waals surface area contributed by atoms with Gasteiger partial charge in [-0.1, -0.05) is 19.6 Å². The molecule has 0 aromatic carbocycles. The van der Waals surface area contributed by atoms with E-state index in [-0.39, 0.29) is 0 Å². The van der Waals surface area contributed by atoms with Gasteiger partial charge < -0.3 is 5.01 Å². The molecule has 0 N–H and O–H groups in total. The van der Waals surface area contributed by atoms with Gasteiger partial charge in [0.25, 0.3) is 0 Å². The predicted molar refractivity (Wildman–Crippen MR) is 50.0 cm³/mol. The van der Waals surface area contributed by atoms with Crippen LogP contribution in [0.2, 0.25) is 0 Å². The lowest BCUT2D eigenvalue weighted by atomic mass is 10.3. The highest BCUT2D eigenvalue weighted by Crippen LogP contribution is 2.01. The first-order valence-corrected chi connectivity index (χ1v) is 3.86. The Morgan fingerprint density at radius 3 is 2.27 bits per heavy atom. The van der Waals surface area contributed by atoms with Crippen LogP contribution < -0.4 is 0 Å². The van der Waals surface area contributed by atoms with Crippen LogP contribution in [0.5, 0.6) is 0 Å². The van der Waals surface area contributed by atoms with Gasteiger partial charge in [-0.05, 0) is 12.5 Å². The molecule has 0 amide bonds. The Bertz CT molecular complexity index is 148. The first-order valence-electron chi connectivity index (χ1n) is 3.86. The summed E-state index contributed by atoms with van der Waals surface area (Å²) in [7, 11) is 5.97. The lowest BCUT2D eigenvalue weighted by Gasteiger charge is -2.26. The van der Waals surface area contributed by atoms with Crippen LogP contribution in [-0.2, 0) is 0 Å². The van der Waals surface area contributed by atoms with E-state index < -0.39 is 0 Å². The van der Waals surface area contributed by atoms with Crippen molar-refractivity contribution >= 4 is 0 Å². The van der Waals surface area contributed by atoms with E-state index >= 15 is 0 Å². The van der Waals surface area contributed by atoms with Gasteiger partial charge in [0.2, 0.25) is 0 Å². The van der Waals surface area contributed by atoms with Gasteiger partial charge in [-0.25, -0.2) is 5.01 Å². The second-order valence-electron chi connectivity index (χ2n) is 2.67. The summed E-state index contributed by atoms with van der Waals surface area (Å²) in [5.74, 6) is 0. The molecular formula is C9H18N2. The van der Waals surface area contributed by atoms with Crippen molar-refractivity contribution in [2.75, 3.05) is 21.1 Å². The van der Waals surface area contributed by atoms with Crippen molar-refractivity contribution in [3.8, 4) is 0 Å². The molecule has 0 aliphatic heterocycles. The van der Waals surface area contributed by atoms with Crippen LogP contribution >= 0.6 is 0 Å². The number of hydrogen-bond donors (Lipinski definition) is 0. The summed E-state index contributed by atoms with van der Waals surface area (Å²) in [5.41, 5.74) is 1.01. The van der Waals surface area contributed by atoms with Crippen molar-refractivity contribution in [1.29, 1.82) is 0 Å². The molecule has 0 aromatic rings. The van der Waals surface area contributed by atoms with Gasteiger partial charge in [0.15, 0.2) is 0 Å². The molecule has 0 unspecified atom stereocenters. The van der Waals surface area contributed by atoms with E-state index in [1.165, 1.54) is 0 Å². The minimum absolute atomic E-state index is 1.01. The summed E-state index contributed by atoms with van der Waals surface area (Å²) < 4.78 is 0. The lowest BCUT2D eigenvalue weighted by Crippen LogP contribution is -2.31. The summed E-state index contributed by atoms with van der Waals surface area (Å²) in [6, 6.07) is 0. The summed E-state index contributed by atoms with van der Waals surface area (Å²) in [4.78, 5) is 0. The standard InChI is InChI=1S/C9H18N2/c1-6-7-8-9(2)11(5)10(3)4/h7-8H,2,6H2,1,3-5H3/b8-7-. The van der Waals surface area contributed by atoms with Gasteiger partial charge in [-0.3, -0.25) is 0 Å². The van der Waals surface area contributed by atoms with Gasteiger partial charge in [0.05, 0.1) is 0 Å². The fraction of sp³-hybridized carbons (Fsp3) is 0.556. The molecule has 64 valence electrons. The van der Waals surface area contributed by atoms with Crippen molar-refractivity contribution in [3.05, 3.63) is 24.4 Å². The molecule has 0 saturated heterocycles. The molecule has 0 radical (unpaired) electrons. The number of hydrogen-bond acceptors (Lipinski definition) is 2. The average molecular weight is 154 g/mol. The maximum atomic E-state index is 3.91. The third-order valence-electron chi connectivity index (χ3n) is 1.56. The van der Waals surface area contributed by atoms with Crippen molar-refractivity contribution in [2.45, 2.75) is 13.3 Å². The van der Waals surface area contributed by atoms with E-state index in [2.05, 4.69) is 19.6 Å². The smallest absolute Gasteiger partial charge is 0.0443 e. The SMILES string of the molecule is C=C(/C=C\CC)N(C)N(C)C. The van der Waals surface area contributed by atoms with Crippen molar-refractivity contribution < 1.29 is 0 Å². The molecule has 0 saturated carbocycles. The van der Waals surface area contributed by atoms with E-state index in [0.29, 0.717) is 0 Å². The van der Waals surface area contributed by atoms with E-state index in [9.17, 15) is 0 Å². The molecule has 0 bridgehead atoms. The molecule has 11 heavy (non-hydrogen) atoms. The minimum atomic E-state index is 1.01. The first-order chi connectivity index (χ1) is 5.09.